The zero-order chi connectivity index (χ0) is 10.6. The minimum Gasteiger partial charge on any atom is -0.446 e. The average Bonchev–Trinajstić information content (AvgIpc) is 2.54. The molecule has 2 heterocycles. The predicted molar refractivity (Wildman–Crippen MR) is 53.4 cm³/mol. The third-order valence-electron chi connectivity index (χ3n) is 4.28. The van der Waals surface area contributed by atoms with Crippen molar-refractivity contribution >= 4 is 6.09 Å². The molecule has 0 aromatic carbocycles. The van der Waals surface area contributed by atoms with Crippen LogP contribution in [0.2, 0.25) is 0 Å². The molecule has 84 valence electrons. The van der Waals surface area contributed by atoms with Gasteiger partial charge in [0.2, 0.25) is 0 Å². The largest absolute Gasteiger partial charge is 0.446 e. The minimum absolute atomic E-state index is 0.111. The highest BCUT2D eigenvalue weighted by molar-refractivity contribution is 5.70. The second-order valence-electron chi connectivity index (χ2n) is 4.96. The van der Waals surface area contributed by atoms with Crippen molar-refractivity contribution in [2.24, 2.45) is 11.8 Å². The Morgan fingerprint density at radius 2 is 2.33 bits per heavy atom. The zero-order valence-electron chi connectivity index (χ0n) is 9.18. The van der Waals surface area contributed by atoms with Crippen LogP contribution in [0.5, 0.6) is 0 Å². The van der Waals surface area contributed by atoms with Gasteiger partial charge in [0.1, 0.15) is 6.10 Å². The molecule has 5 atom stereocenters. The van der Waals surface area contributed by atoms with Crippen LogP contribution in [-0.4, -0.2) is 42.9 Å². The van der Waals surface area contributed by atoms with E-state index in [1.54, 1.807) is 7.11 Å². The van der Waals surface area contributed by atoms with Crippen molar-refractivity contribution in [3.8, 4) is 0 Å². The van der Waals surface area contributed by atoms with E-state index in [0.717, 1.165) is 19.4 Å². The van der Waals surface area contributed by atoms with E-state index in [-0.39, 0.29) is 18.3 Å². The molecule has 3 fully saturated rings. The fraction of sp³-hybridized carbons (Fsp3) is 0.909. The Kier molecular flexibility index (Phi) is 1.96. The van der Waals surface area contributed by atoms with E-state index in [0.29, 0.717) is 17.9 Å². The van der Waals surface area contributed by atoms with E-state index in [1.807, 2.05) is 4.90 Å². The van der Waals surface area contributed by atoms with Crippen molar-refractivity contribution in [1.82, 2.24) is 4.90 Å². The summed E-state index contributed by atoms with van der Waals surface area (Å²) in [5.41, 5.74) is 0. The van der Waals surface area contributed by atoms with E-state index in [2.05, 4.69) is 6.92 Å². The van der Waals surface area contributed by atoms with Gasteiger partial charge in [-0.3, -0.25) is 0 Å². The van der Waals surface area contributed by atoms with E-state index in [1.165, 1.54) is 0 Å². The highest BCUT2D eigenvalue weighted by atomic mass is 16.6. The summed E-state index contributed by atoms with van der Waals surface area (Å²) in [7, 11) is 1.75. The van der Waals surface area contributed by atoms with Crippen LogP contribution in [0.4, 0.5) is 4.79 Å². The van der Waals surface area contributed by atoms with Crippen molar-refractivity contribution in [3.63, 3.8) is 0 Å². The van der Waals surface area contributed by atoms with Gasteiger partial charge in [-0.2, -0.15) is 0 Å². The number of rotatable bonds is 1. The maximum Gasteiger partial charge on any atom is 0.410 e. The fourth-order valence-electron chi connectivity index (χ4n) is 3.37. The Labute approximate surface area is 89.5 Å². The summed E-state index contributed by atoms with van der Waals surface area (Å²) in [5, 5.41) is 0. The monoisotopic (exact) mass is 211 g/mol. The molecule has 2 aliphatic heterocycles. The number of methoxy groups -OCH3 is 1. The summed E-state index contributed by atoms with van der Waals surface area (Å²) < 4.78 is 10.8. The second kappa shape index (κ2) is 3.11. The van der Waals surface area contributed by atoms with Crippen LogP contribution in [0.15, 0.2) is 0 Å². The van der Waals surface area contributed by atoms with E-state index < -0.39 is 0 Å². The molecule has 1 aliphatic carbocycles. The molecule has 15 heavy (non-hydrogen) atoms. The first-order chi connectivity index (χ1) is 7.22. The number of ether oxygens (including phenoxy) is 2. The summed E-state index contributed by atoms with van der Waals surface area (Å²) in [6.07, 6.45) is 2.27. The molecule has 1 amide bonds. The molecule has 0 bridgehead atoms. The maximum absolute atomic E-state index is 11.7. The summed E-state index contributed by atoms with van der Waals surface area (Å²) >= 11 is 0. The molecule has 0 radical (unpaired) electrons. The van der Waals surface area contributed by atoms with Crippen molar-refractivity contribution in [1.29, 1.82) is 0 Å². The number of amides is 1. The highest BCUT2D eigenvalue weighted by Gasteiger charge is 2.57. The molecule has 2 saturated heterocycles. The van der Waals surface area contributed by atoms with Gasteiger partial charge in [0, 0.05) is 32.0 Å². The van der Waals surface area contributed by atoms with E-state index in [9.17, 15) is 4.79 Å². The lowest BCUT2D eigenvalue weighted by atomic mass is 9.70. The van der Waals surface area contributed by atoms with Crippen molar-refractivity contribution in [3.05, 3.63) is 0 Å². The lowest BCUT2D eigenvalue weighted by Crippen LogP contribution is -2.64. The van der Waals surface area contributed by atoms with E-state index >= 15 is 0 Å². The first-order valence-electron chi connectivity index (χ1n) is 5.72. The smallest absolute Gasteiger partial charge is 0.410 e. The Morgan fingerprint density at radius 3 is 3.07 bits per heavy atom. The van der Waals surface area contributed by atoms with Gasteiger partial charge in [0.25, 0.3) is 0 Å². The Balaban J connectivity index is 1.86. The molecule has 4 heteroatoms. The van der Waals surface area contributed by atoms with Crippen molar-refractivity contribution in [2.45, 2.75) is 38.0 Å². The van der Waals surface area contributed by atoms with Gasteiger partial charge in [-0.15, -0.1) is 0 Å². The van der Waals surface area contributed by atoms with Crippen LogP contribution < -0.4 is 0 Å². The van der Waals surface area contributed by atoms with Crippen molar-refractivity contribution in [2.75, 3.05) is 13.7 Å². The van der Waals surface area contributed by atoms with Gasteiger partial charge < -0.3 is 14.4 Å². The predicted octanol–water partition coefficient (Wildman–Crippen LogP) is 1.25. The molecule has 3 rings (SSSR count). The van der Waals surface area contributed by atoms with Crippen LogP contribution in [0, 0.1) is 11.8 Å². The van der Waals surface area contributed by atoms with Gasteiger partial charge in [-0.1, -0.05) is 6.92 Å². The number of hydrogen-bond donors (Lipinski definition) is 0. The Morgan fingerprint density at radius 1 is 1.53 bits per heavy atom. The number of hydrogen-bond acceptors (Lipinski definition) is 3. The summed E-state index contributed by atoms with van der Waals surface area (Å²) in [5.74, 6) is 0.994. The molecule has 0 aromatic heterocycles. The van der Waals surface area contributed by atoms with Gasteiger partial charge in [-0.25, -0.2) is 4.79 Å². The fourth-order valence-corrected chi connectivity index (χ4v) is 3.37. The van der Waals surface area contributed by atoms with Crippen LogP contribution in [0.1, 0.15) is 19.8 Å². The van der Waals surface area contributed by atoms with Crippen LogP contribution >= 0.6 is 0 Å². The first-order valence-corrected chi connectivity index (χ1v) is 5.72. The highest BCUT2D eigenvalue weighted by Crippen LogP contribution is 2.46. The first kappa shape index (κ1) is 9.46. The molecule has 0 N–H and O–H groups in total. The van der Waals surface area contributed by atoms with Gasteiger partial charge >= 0.3 is 6.09 Å². The molecule has 1 saturated carbocycles. The molecule has 0 aromatic rings. The third-order valence-corrected chi connectivity index (χ3v) is 4.28. The molecular weight excluding hydrogens is 194 g/mol. The SMILES string of the molecule is COC1CC2OC(=O)N3CCC(C)C3C12. The van der Waals surface area contributed by atoms with Gasteiger partial charge in [0.05, 0.1) is 6.10 Å². The number of carbonyl (C=O) groups is 1. The molecule has 3 aliphatic rings. The third kappa shape index (κ3) is 1.14. The topological polar surface area (TPSA) is 38.8 Å². The number of carbonyl (C=O) groups excluding carboxylic acids is 1. The summed E-state index contributed by atoms with van der Waals surface area (Å²) in [6, 6.07) is 0.356. The quantitative estimate of drug-likeness (QED) is 0.655. The lowest BCUT2D eigenvalue weighted by molar-refractivity contribution is -0.168. The second-order valence-corrected chi connectivity index (χ2v) is 4.96. The lowest BCUT2D eigenvalue weighted by Gasteiger charge is -2.52. The summed E-state index contributed by atoms with van der Waals surface area (Å²) in [4.78, 5) is 13.6. The maximum atomic E-state index is 11.7. The van der Waals surface area contributed by atoms with Crippen LogP contribution in [0.3, 0.4) is 0 Å². The summed E-state index contributed by atoms with van der Waals surface area (Å²) in [6.45, 7) is 3.08. The van der Waals surface area contributed by atoms with Gasteiger partial charge in [-0.05, 0) is 12.3 Å². The standard InChI is InChI=1S/C11H17NO3/c1-6-3-4-12-10(6)9-7(14-2)5-8(9)15-11(12)13/h6-10H,3-5H2,1-2H3. The number of fused-ring (bicyclic) bond motifs is 3. The molecule has 4 nitrogen and oxygen atoms in total. The zero-order valence-corrected chi connectivity index (χ0v) is 9.18. The minimum atomic E-state index is -0.111. The normalized spacial score (nSPS) is 48.0. The molecular formula is C11H17NO3. The molecule has 0 spiro atoms. The van der Waals surface area contributed by atoms with E-state index in [4.69, 9.17) is 9.47 Å². The van der Waals surface area contributed by atoms with Gasteiger partial charge in [0.15, 0.2) is 0 Å². The Hall–Kier alpha value is -0.770. The average molecular weight is 211 g/mol. The van der Waals surface area contributed by atoms with Crippen molar-refractivity contribution < 1.29 is 14.3 Å². The Bertz CT molecular complexity index is 294. The van der Waals surface area contributed by atoms with Crippen LogP contribution in [0.25, 0.3) is 0 Å². The molecule has 5 unspecified atom stereocenters. The number of nitrogens with zero attached hydrogens (tertiary/aromatic N) is 1. The van der Waals surface area contributed by atoms with Crippen LogP contribution in [-0.2, 0) is 9.47 Å².